The minimum absolute atomic E-state index is 0.307. The van der Waals surface area contributed by atoms with Gasteiger partial charge in [-0.25, -0.2) is 8.78 Å². The first-order valence-corrected chi connectivity index (χ1v) is 4.23. The zero-order valence-corrected chi connectivity index (χ0v) is 8.14. The van der Waals surface area contributed by atoms with Crippen molar-refractivity contribution >= 4 is 0 Å². The predicted molar refractivity (Wildman–Crippen MR) is 50.9 cm³/mol. The second kappa shape index (κ2) is 3.88. The van der Waals surface area contributed by atoms with Crippen LogP contribution in [0.3, 0.4) is 0 Å². The van der Waals surface area contributed by atoms with Crippen LogP contribution in [0, 0.1) is 18.6 Å². The van der Waals surface area contributed by atoms with Crippen LogP contribution in [-0.4, -0.2) is 5.11 Å². The van der Waals surface area contributed by atoms with Gasteiger partial charge < -0.3 is 5.11 Å². The molecule has 0 radical (unpaired) electrons. The monoisotopic (exact) mass is 198 g/mol. The fourth-order valence-electron chi connectivity index (χ4n) is 1.18. The summed E-state index contributed by atoms with van der Waals surface area (Å²) in [5.74, 6) is -1.45. The molecule has 76 valence electrons. The van der Waals surface area contributed by atoms with E-state index < -0.39 is 17.7 Å². The zero-order chi connectivity index (χ0) is 10.9. The van der Waals surface area contributed by atoms with E-state index in [0.717, 1.165) is 6.07 Å². The molecule has 1 atom stereocenters. The van der Waals surface area contributed by atoms with Gasteiger partial charge >= 0.3 is 0 Å². The van der Waals surface area contributed by atoms with Gasteiger partial charge in [-0.05, 0) is 31.1 Å². The van der Waals surface area contributed by atoms with Gasteiger partial charge in [0.2, 0.25) is 0 Å². The number of hydrogen-bond donors (Lipinski definition) is 1. The van der Waals surface area contributed by atoms with Gasteiger partial charge in [-0.15, -0.1) is 0 Å². The predicted octanol–water partition coefficient (Wildman–Crippen LogP) is 2.88. The lowest BCUT2D eigenvalue weighted by atomic mass is 10.0. The molecule has 0 saturated carbocycles. The van der Waals surface area contributed by atoms with Gasteiger partial charge in [0.25, 0.3) is 0 Å². The van der Waals surface area contributed by atoms with Crippen molar-refractivity contribution < 1.29 is 13.9 Å². The summed E-state index contributed by atoms with van der Waals surface area (Å²) in [5.41, 5.74) is 0.299. The summed E-state index contributed by atoms with van der Waals surface area (Å²) >= 11 is 0. The third kappa shape index (κ3) is 1.82. The smallest absolute Gasteiger partial charge is 0.135 e. The van der Waals surface area contributed by atoms with E-state index in [9.17, 15) is 13.9 Å². The molecule has 0 fully saturated rings. The minimum atomic E-state index is -1.28. The highest BCUT2D eigenvalue weighted by atomic mass is 19.1. The Bertz CT molecular complexity index is 372. The molecule has 1 aromatic carbocycles. The molecule has 1 rings (SSSR count). The Labute approximate surface area is 81.7 Å². The Hall–Kier alpha value is -1.22. The number of aliphatic hydroxyl groups is 1. The number of aliphatic hydroxyl groups excluding tert-OH is 1. The minimum Gasteiger partial charge on any atom is -0.384 e. The summed E-state index contributed by atoms with van der Waals surface area (Å²) in [6, 6.07) is 2.47. The fourth-order valence-corrected chi connectivity index (χ4v) is 1.18. The number of benzene rings is 1. The van der Waals surface area contributed by atoms with Gasteiger partial charge in [-0.2, -0.15) is 0 Å². The highest BCUT2D eigenvalue weighted by Gasteiger charge is 2.19. The van der Waals surface area contributed by atoms with Crippen molar-refractivity contribution in [1.82, 2.24) is 0 Å². The molecule has 0 aromatic heterocycles. The molecule has 0 saturated heterocycles. The lowest BCUT2D eigenvalue weighted by Crippen LogP contribution is -2.06. The zero-order valence-electron chi connectivity index (χ0n) is 8.14. The van der Waals surface area contributed by atoms with Crippen molar-refractivity contribution in [2.24, 2.45) is 0 Å². The first-order valence-electron chi connectivity index (χ1n) is 4.23. The van der Waals surface area contributed by atoms with E-state index in [-0.39, 0.29) is 5.56 Å². The molecule has 3 heteroatoms. The molecular weight excluding hydrogens is 186 g/mol. The van der Waals surface area contributed by atoms with Crippen LogP contribution in [0.25, 0.3) is 0 Å². The second-order valence-corrected chi connectivity index (χ2v) is 3.34. The van der Waals surface area contributed by atoms with Gasteiger partial charge in [0.1, 0.15) is 17.7 Å². The Morgan fingerprint density at radius 3 is 2.50 bits per heavy atom. The molecule has 0 aliphatic rings. The van der Waals surface area contributed by atoms with Crippen molar-refractivity contribution in [1.29, 1.82) is 0 Å². The maximum atomic E-state index is 13.4. The maximum absolute atomic E-state index is 13.4. The van der Waals surface area contributed by atoms with Gasteiger partial charge in [0.15, 0.2) is 0 Å². The summed E-state index contributed by atoms with van der Waals surface area (Å²) < 4.78 is 26.6. The van der Waals surface area contributed by atoms with E-state index in [1.807, 2.05) is 0 Å². The normalized spacial score (nSPS) is 12.6. The fraction of sp³-hybridized carbons (Fsp3) is 0.273. The van der Waals surface area contributed by atoms with Gasteiger partial charge in [0.05, 0.1) is 5.56 Å². The van der Waals surface area contributed by atoms with Crippen molar-refractivity contribution in [3.63, 3.8) is 0 Å². The molecule has 1 N–H and O–H groups in total. The largest absolute Gasteiger partial charge is 0.384 e. The molecule has 1 nitrogen and oxygen atoms in total. The van der Waals surface area contributed by atoms with Crippen LogP contribution in [0.1, 0.15) is 24.2 Å². The molecule has 14 heavy (non-hydrogen) atoms. The first-order chi connectivity index (χ1) is 6.45. The number of halogens is 2. The highest BCUT2D eigenvalue weighted by Crippen LogP contribution is 2.27. The van der Waals surface area contributed by atoms with Crippen LogP contribution in [0.2, 0.25) is 0 Å². The summed E-state index contributed by atoms with van der Waals surface area (Å²) in [6.45, 7) is 6.50. The standard InChI is InChI=1S/C11H12F2O/c1-6(2)11(14)9-8(12)5-4-7(3)10(9)13/h4-5,11,14H,1H2,2-3H3. The quantitative estimate of drug-likeness (QED) is 0.724. The van der Waals surface area contributed by atoms with Crippen LogP contribution in [0.4, 0.5) is 8.78 Å². The Morgan fingerprint density at radius 2 is 2.00 bits per heavy atom. The average molecular weight is 198 g/mol. The molecule has 0 spiro atoms. The SMILES string of the molecule is C=C(C)C(O)c1c(F)ccc(C)c1F. The summed E-state index contributed by atoms with van der Waals surface area (Å²) in [7, 11) is 0. The van der Waals surface area contributed by atoms with Crippen LogP contribution < -0.4 is 0 Å². The lowest BCUT2D eigenvalue weighted by Gasteiger charge is -2.13. The van der Waals surface area contributed by atoms with Crippen LogP contribution in [0.5, 0.6) is 0 Å². The molecule has 0 aliphatic heterocycles. The molecule has 1 aromatic rings. The Morgan fingerprint density at radius 1 is 1.43 bits per heavy atom. The van der Waals surface area contributed by atoms with Crippen molar-refractivity contribution in [2.75, 3.05) is 0 Å². The maximum Gasteiger partial charge on any atom is 0.135 e. The third-order valence-corrected chi connectivity index (χ3v) is 2.06. The van der Waals surface area contributed by atoms with Crippen LogP contribution in [-0.2, 0) is 0 Å². The Balaban J connectivity index is 3.32. The summed E-state index contributed by atoms with van der Waals surface area (Å²) in [4.78, 5) is 0. The van der Waals surface area contributed by atoms with Crippen molar-refractivity contribution in [3.05, 3.63) is 47.0 Å². The van der Waals surface area contributed by atoms with Crippen LogP contribution >= 0.6 is 0 Å². The molecular formula is C11H12F2O. The van der Waals surface area contributed by atoms with E-state index >= 15 is 0 Å². The van der Waals surface area contributed by atoms with E-state index in [1.54, 1.807) is 0 Å². The van der Waals surface area contributed by atoms with Gasteiger partial charge in [-0.1, -0.05) is 12.6 Å². The molecule has 1 unspecified atom stereocenters. The van der Waals surface area contributed by atoms with Gasteiger partial charge in [0, 0.05) is 0 Å². The highest BCUT2D eigenvalue weighted by molar-refractivity contribution is 5.31. The average Bonchev–Trinajstić information content (AvgIpc) is 2.12. The molecule has 0 bridgehead atoms. The van der Waals surface area contributed by atoms with E-state index in [4.69, 9.17) is 0 Å². The Kier molecular flexibility index (Phi) is 3.01. The topological polar surface area (TPSA) is 20.2 Å². The number of hydrogen-bond acceptors (Lipinski definition) is 1. The number of aryl methyl sites for hydroxylation is 1. The third-order valence-electron chi connectivity index (χ3n) is 2.06. The molecule has 0 aliphatic carbocycles. The van der Waals surface area contributed by atoms with Gasteiger partial charge in [-0.3, -0.25) is 0 Å². The van der Waals surface area contributed by atoms with Crippen molar-refractivity contribution in [2.45, 2.75) is 20.0 Å². The first kappa shape index (κ1) is 10.9. The van der Waals surface area contributed by atoms with Crippen LogP contribution in [0.15, 0.2) is 24.3 Å². The molecule has 0 amide bonds. The lowest BCUT2D eigenvalue weighted by molar-refractivity contribution is 0.205. The van der Waals surface area contributed by atoms with Crippen molar-refractivity contribution in [3.8, 4) is 0 Å². The summed E-state index contributed by atoms with van der Waals surface area (Å²) in [6.07, 6.45) is -1.28. The molecule has 0 heterocycles. The second-order valence-electron chi connectivity index (χ2n) is 3.34. The summed E-state index contributed by atoms with van der Waals surface area (Å²) in [5, 5.41) is 9.50. The van der Waals surface area contributed by atoms with E-state index in [2.05, 4.69) is 6.58 Å². The van der Waals surface area contributed by atoms with E-state index in [1.165, 1.54) is 19.9 Å². The van der Waals surface area contributed by atoms with E-state index in [0.29, 0.717) is 11.1 Å². The number of rotatable bonds is 2.